The lowest BCUT2D eigenvalue weighted by molar-refractivity contribution is 0.0526. The lowest BCUT2D eigenvalue weighted by atomic mass is 9.93. The minimum Gasteiger partial charge on any atom is -0.384 e. The number of carbonyl (C=O) groups excluding carboxylic acids is 1. The van der Waals surface area contributed by atoms with Crippen molar-refractivity contribution in [2.24, 2.45) is 0 Å². The van der Waals surface area contributed by atoms with Crippen LogP contribution >= 0.6 is 0 Å². The molecule has 3 aromatic carbocycles. The average molecular weight is 349 g/mol. The molecule has 0 radical (unpaired) electrons. The Morgan fingerprint density at radius 1 is 0.923 bits per heavy atom. The molecular weight excluding hydrogens is 329 g/mol. The van der Waals surface area contributed by atoms with Crippen LogP contribution in [0.3, 0.4) is 0 Å². The lowest BCUT2D eigenvalue weighted by Crippen LogP contribution is -2.38. The van der Waals surface area contributed by atoms with Crippen molar-refractivity contribution in [3.8, 4) is 11.1 Å². The molecule has 26 heavy (non-hydrogen) atoms. The zero-order valence-electron chi connectivity index (χ0n) is 14.4. The van der Waals surface area contributed by atoms with E-state index in [1.54, 1.807) is 6.92 Å². The minimum absolute atomic E-state index is 0.0495. The molecule has 3 rings (SSSR count). The van der Waals surface area contributed by atoms with E-state index in [9.17, 15) is 14.3 Å². The maximum absolute atomic E-state index is 12.9. The Balaban J connectivity index is 1.67. The van der Waals surface area contributed by atoms with E-state index >= 15 is 0 Å². The van der Waals surface area contributed by atoms with E-state index in [1.807, 2.05) is 54.6 Å². The molecule has 3 nitrogen and oxygen atoms in total. The van der Waals surface area contributed by atoms with Crippen molar-refractivity contribution < 1.29 is 14.3 Å². The molecule has 1 atom stereocenters. The smallest absolute Gasteiger partial charge is 0.251 e. The molecule has 4 heteroatoms. The fourth-order valence-electron chi connectivity index (χ4n) is 2.71. The molecule has 0 bridgehead atoms. The van der Waals surface area contributed by atoms with Gasteiger partial charge in [-0.2, -0.15) is 0 Å². The van der Waals surface area contributed by atoms with Crippen LogP contribution in [-0.4, -0.2) is 17.6 Å². The highest BCUT2D eigenvalue weighted by Crippen LogP contribution is 2.24. The van der Waals surface area contributed by atoms with Crippen molar-refractivity contribution in [3.05, 3.63) is 95.8 Å². The normalized spacial score (nSPS) is 13.0. The van der Waals surface area contributed by atoms with Crippen LogP contribution in [-0.2, 0) is 5.60 Å². The molecule has 0 heterocycles. The van der Waals surface area contributed by atoms with E-state index in [1.165, 1.54) is 24.3 Å². The molecular formula is C22H20FNO2. The largest absolute Gasteiger partial charge is 0.384 e. The summed E-state index contributed by atoms with van der Waals surface area (Å²) in [6.07, 6.45) is 0. The van der Waals surface area contributed by atoms with E-state index in [0.29, 0.717) is 11.1 Å². The highest BCUT2D eigenvalue weighted by Gasteiger charge is 2.24. The number of rotatable bonds is 5. The van der Waals surface area contributed by atoms with Gasteiger partial charge in [0.2, 0.25) is 0 Å². The first-order valence-electron chi connectivity index (χ1n) is 8.38. The van der Waals surface area contributed by atoms with Gasteiger partial charge in [0.1, 0.15) is 11.4 Å². The van der Waals surface area contributed by atoms with Gasteiger partial charge in [0.05, 0.1) is 6.54 Å². The molecule has 0 aliphatic rings. The number of hydrogen-bond acceptors (Lipinski definition) is 2. The van der Waals surface area contributed by atoms with Crippen molar-refractivity contribution in [2.75, 3.05) is 6.54 Å². The van der Waals surface area contributed by atoms with E-state index in [4.69, 9.17) is 0 Å². The van der Waals surface area contributed by atoms with Gasteiger partial charge in [0, 0.05) is 5.56 Å². The maximum atomic E-state index is 12.9. The van der Waals surface area contributed by atoms with Crippen molar-refractivity contribution in [1.29, 1.82) is 0 Å². The summed E-state index contributed by atoms with van der Waals surface area (Å²) in [5.41, 5.74) is 1.99. The van der Waals surface area contributed by atoms with Crippen LogP contribution in [0, 0.1) is 5.82 Å². The number of amides is 1. The van der Waals surface area contributed by atoms with Gasteiger partial charge < -0.3 is 10.4 Å². The zero-order chi connectivity index (χ0) is 18.6. The summed E-state index contributed by atoms with van der Waals surface area (Å²) in [5, 5.41) is 13.4. The molecule has 0 aliphatic heterocycles. The SMILES string of the molecule is C[C@@](O)(CNC(=O)c1ccc(F)cc1)c1ccc(-c2ccccc2)cc1. The molecule has 0 saturated heterocycles. The minimum atomic E-state index is -1.22. The molecule has 0 aliphatic carbocycles. The monoisotopic (exact) mass is 349 g/mol. The van der Waals surface area contributed by atoms with Gasteiger partial charge in [-0.3, -0.25) is 4.79 Å². The molecule has 0 aromatic heterocycles. The predicted octanol–water partition coefficient (Wildman–Crippen LogP) is 4.13. The molecule has 3 aromatic rings. The molecule has 0 saturated carbocycles. The number of benzene rings is 3. The summed E-state index contributed by atoms with van der Waals surface area (Å²) < 4.78 is 12.9. The fraction of sp³-hybridized carbons (Fsp3) is 0.136. The first-order valence-corrected chi connectivity index (χ1v) is 8.38. The number of nitrogens with one attached hydrogen (secondary N) is 1. The highest BCUT2D eigenvalue weighted by molar-refractivity contribution is 5.94. The van der Waals surface area contributed by atoms with Gasteiger partial charge in [-0.25, -0.2) is 4.39 Å². The summed E-state index contributed by atoms with van der Waals surface area (Å²) in [5.74, 6) is -0.752. The molecule has 2 N–H and O–H groups in total. The fourth-order valence-corrected chi connectivity index (χ4v) is 2.71. The summed E-state index contributed by atoms with van der Waals surface area (Å²) in [6, 6.07) is 22.8. The van der Waals surface area contributed by atoms with Gasteiger partial charge >= 0.3 is 0 Å². The lowest BCUT2D eigenvalue weighted by Gasteiger charge is -2.24. The van der Waals surface area contributed by atoms with Crippen molar-refractivity contribution in [1.82, 2.24) is 5.32 Å². The molecule has 132 valence electrons. The Hall–Kier alpha value is -2.98. The van der Waals surface area contributed by atoms with Crippen molar-refractivity contribution >= 4 is 5.91 Å². The Bertz CT molecular complexity index is 872. The van der Waals surface area contributed by atoms with Crippen LogP contribution in [0.15, 0.2) is 78.9 Å². The van der Waals surface area contributed by atoms with Crippen LogP contribution in [0.2, 0.25) is 0 Å². The maximum Gasteiger partial charge on any atom is 0.251 e. The quantitative estimate of drug-likeness (QED) is 0.728. The van der Waals surface area contributed by atoms with Crippen LogP contribution in [0.1, 0.15) is 22.8 Å². The summed E-state index contributed by atoms with van der Waals surface area (Å²) >= 11 is 0. The third-order valence-electron chi connectivity index (χ3n) is 4.31. The van der Waals surface area contributed by atoms with Crippen LogP contribution in [0.5, 0.6) is 0 Å². The Labute approximate surface area is 152 Å². The van der Waals surface area contributed by atoms with Gasteiger partial charge in [0.25, 0.3) is 5.91 Å². The van der Waals surface area contributed by atoms with Crippen molar-refractivity contribution in [3.63, 3.8) is 0 Å². The van der Waals surface area contributed by atoms with Crippen LogP contribution < -0.4 is 5.32 Å². The second-order valence-electron chi connectivity index (χ2n) is 6.41. The summed E-state index contributed by atoms with van der Waals surface area (Å²) in [4.78, 5) is 12.1. The predicted molar refractivity (Wildman–Crippen MR) is 100 cm³/mol. The van der Waals surface area contributed by atoms with Crippen LogP contribution in [0.4, 0.5) is 4.39 Å². The number of carbonyl (C=O) groups is 1. The molecule has 0 spiro atoms. The van der Waals surface area contributed by atoms with Crippen molar-refractivity contribution in [2.45, 2.75) is 12.5 Å². The second-order valence-corrected chi connectivity index (χ2v) is 6.41. The van der Waals surface area contributed by atoms with Gasteiger partial charge in [-0.1, -0.05) is 54.6 Å². The zero-order valence-corrected chi connectivity index (χ0v) is 14.4. The number of halogens is 1. The standard InChI is InChI=1S/C22H20FNO2/c1-22(26,15-24-21(25)18-9-13-20(23)14-10-18)19-11-7-17(8-12-19)16-5-3-2-4-6-16/h2-14,26H,15H2,1H3,(H,24,25)/t22-/m1/s1. The number of aliphatic hydroxyl groups is 1. The number of hydrogen-bond donors (Lipinski definition) is 2. The Morgan fingerprint density at radius 2 is 1.50 bits per heavy atom. The van der Waals surface area contributed by atoms with E-state index < -0.39 is 11.4 Å². The molecule has 1 amide bonds. The van der Waals surface area contributed by atoms with E-state index in [2.05, 4.69) is 5.32 Å². The Morgan fingerprint density at radius 3 is 2.12 bits per heavy atom. The average Bonchev–Trinajstić information content (AvgIpc) is 2.67. The van der Waals surface area contributed by atoms with Gasteiger partial charge in [-0.15, -0.1) is 0 Å². The van der Waals surface area contributed by atoms with Gasteiger partial charge in [0.15, 0.2) is 0 Å². The van der Waals surface area contributed by atoms with E-state index in [-0.39, 0.29) is 12.5 Å². The first-order chi connectivity index (χ1) is 12.5. The topological polar surface area (TPSA) is 49.3 Å². The summed E-state index contributed by atoms with van der Waals surface area (Å²) in [6.45, 7) is 1.70. The molecule has 0 fully saturated rings. The second kappa shape index (κ2) is 7.50. The van der Waals surface area contributed by atoms with Gasteiger partial charge in [-0.05, 0) is 47.9 Å². The molecule has 0 unspecified atom stereocenters. The third-order valence-corrected chi connectivity index (χ3v) is 4.31. The highest BCUT2D eigenvalue weighted by atomic mass is 19.1. The third kappa shape index (κ3) is 4.16. The Kier molecular flexibility index (Phi) is 5.14. The summed E-state index contributed by atoms with van der Waals surface area (Å²) in [7, 11) is 0. The van der Waals surface area contributed by atoms with Crippen LogP contribution in [0.25, 0.3) is 11.1 Å². The van der Waals surface area contributed by atoms with E-state index in [0.717, 1.165) is 11.1 Å². The first kappa shape index (κ1) is 17.8.